The van der Waals surface area contributed by atoms with Crippen LogP contribution in [0, 0.1) is 0 Å². The summed E-state index contributed by atoms with van der Waals surface area (Å²) < 4.78 is 0. The molecule has 0 bridgehead atoms. The Balaban J connectivity index is 1.73. The molecular formula is C20H23N5O. The first-order chi connectivity index (χ1) is 12.8. The Hall–Kier alpha value is -2.82. The highest BCUT2D eigenvalue weighted by molar-refractivity contribution is 5.77. The van der Waals surface area contributed by atoms with E-state index in [4.69, 9.17) is 5.53 Å². The van der Waals surface area contributed by atoms with Crippen molar-refractivity contribution in [3.05, 3.63) is 82.2 Å². The summed E-state index contributed by atoms with van der Waals surface area (Å²) in [7, 11) is 0. The lowest BCUT2D eigenvalue weighted by atomic mass is 10.0. The van der Waals surface area contributed by atoms with Crippen LogP contribution in [0.3, 0.4) is 0 Å². The summed E-state index contributed by atoms with van der Waals surface area (Å²) in [5, 5.41) is 3.75. The monoisotopic (exact) mass is 349 g/mol. The minimum atomic E-state index is -0.212. The number of carbonyl (C=O) groups excluding carboxylic acids is 1. The van der Waals surface area contributed by atoms with Crippen LogP contribution in [0.4, 0.5) is 0 Å². The number of azide groups is 1. The maximum absolute atomic E-state index is 12.8. The van der Waals surface area contributed by atoms with Crippen LogP contribution in [0.25, 0.3) is 10.4 Å². The fourth-order valence-corrected chi connectivity index (χ4v) is 3.39. The Morgan fingerprint density at radius 3 is 2.38 bits per heavy atom. The van der Waals surface area contributed by atoms with Crippen LogP contribution < -0.4 is 0 Å². The van der Waals surface area contributed by atoms with Gasteiger partial charge in [-0.05, 0) is 16.7 Å². The Morgan fingerprint density at radius 2 is 1.69 bits per heavy atom. The number of carbonyl (C=O) groups is 1. The minimum absolute atomic E-state index is 0.113. The molecule has 3 rings (SSSR count). The van der Waals surface area contributed by atoms with Crippen LogP contribution in [0.2, 0.25) is 0 Å². The number of benzene rings is 2. The van der Waals surface area contributed by atoms with E-state index in [0.29, 0.717) is 13.0 Å². The molecule has 134 valence electrons. The predicted molar refractivity (Wildman–Crippen MR) is 101 cm³/mol. The lowest BCUT2D eigenvalue weighted by Crippen LogP contribution is -2.37. The van der Waals surface area contributed by atoms with Gasteiger partial charge in [0.25, 0.3) is 0 Å². The number of rotatable bonds is 6. The zero-order chi connectivity index (χ0) is 18.2. The summed E-state index contributed by atoms with van der Waals surface area (Å²) in [6.45, 7) is 3.28. The molecule has 1 atom stereocenters. The first-order valence-electron chi connectivity index (χ1n) is 8.89. The maximum atomic E-state index is 12.8. The molecule has 0 spiro atoms. The highest BCUT2D eigenvalue weighted by atomic mass is 16.2. The number of hydrogen-bond donors (Lipinski definition) is 0. The van der Waals surface area contributed by atoms with Crippen molar-refractivity contribution in [2.75, 3.05) is 26.2 Å². The highest BCUT2D eigenvalue weighted by Gasteiger charge is 2.27. The first-order valence-corrected chi connectivity index (χ1v) is 8.89. The van der Waals surface area contributed by atoms with Gasteiger partial charge in [0.2, 0.25) is 5.91 Å². The van der Waals surface area contributed by atoms with E-state index in [9.17, 15) is 4.79 Å². The molecule has 2 aromatic rings. The lowest BCUT2D eigenvalue weighted by Gasteiger charge is -2.30. The fraction of sp³-hybridized carbons (Fsp3) is 0.350. The van der Waals surface area contributed by atoms with Crippen molar-refractivity contribution in [2.45, 2.75) is 19.0 Å². The summed E-state index contributed by atoms with van der Waals surface area (Å²) in [6, 6.07) is 19.9. The topological polar surface area (TPSA) is 72.3 Å². The molecule has 1 amide bonds. The van der Waals surface area contributed by atoms with Crippen molar-refractivity contribution in [2.24, 2.45) is 5.11 Å². The van der Waals surface area contributed by atoms with Gasteiger partial charge in [0.1, 0.15) is 0 Å². The third-order valence-electron chi connectivity index (χ3n) is 4.75. The number of nitrogens with zero attached hydrogens (tertiary/aromatic N) is 5. The second kappa shape index (κ2) is 9.04. The largest absolute Gasteiger partial charge is 0.334 e. The molecule has 0 unspecified atom stereocenters. The van der Waals surface area contributed by atoms with Crippen molar-refractivity contribution < 1.29 is 4.79 Å². The van der Waals surface area contributed by atoms with Gasteiger partial charge in [-0.1, -0.05) is 65.8 Å². The molecule has 1 saturated heterocycles. The SMILES string of the molecule is [N-]=[N+]=NC[C@H](c1ccccc1)N1CCN(Cc2ccccc2)CCC1=O. The lowest BCUT2D eigenvalue weighted by molar-refractivity contribution is -0.132. The van der Waals surface area contributed by atoms with Crippen LogP contribution in [-0.2, 0) is 11.3 Å². The number of amides is 1. The Labute approximate surface area is 153 Å². The van der Waals surface area contributed by atoms with Crippen molar-refractivity contribution in [3.63, 3.8) is 0 Å². The smallest absolute Gasteiger partial charge is 0.224 e. The normalized spacial score (nSPS) is 16.6. The molecule has 1 fully saturated rings. The predicted octanol–water partition coefficient (Wildman–Crippen LogP) is 3.77. The molecule has 1 heterocycles. The van der Waals surface area contributed by atoms with Gasteiger partial charge in [0.05, 0.1) is 12.6 Å². The van der Waals surface area contributed by atoms with Gasteiger partial charge in [0, 0.05) is 37.5 Å². The highest BCUT2D eigenvalue weighted by Crippen LogP contribution is 2.24. The second-order valence-corrected chi connectivity index (χ2v) is 6.44. The summed E-state index contributed by atoms with van der Waals surface area (Å²) >= 11 is 0. The van der Waals surface area contributed by atoms with E-state index in [0.717, 1.165) is 25.2 Å². The molecule has 1 aliphatic rings. The molecule has 6 nitrogen and oxygen atoms in total. The minimum Gasteiger partial charge on any atom is -0.334 e. The van der Waals surface area contributed by atoms with Crippen LogP contribution in [0.15, 0.2) is 65.8 Å². The molecule has 2 aromatic carbocycles. The van der Waals surface area contributed by atoms with Gasteiger partial charge < -0.3 is 4.90 Å². The summed E-state index contributed by atoms with van der Waals surface area (Å²) in [5.74, 6) is 0.113. The zero-order valence-electron chi connectivity index (χ0n) is 14.7. The van der Waals surface area contributed by atoms with Gasteiger partial charge in [-0.3, -0.25) is 9.69 Å². The van der Waals surface area contributed by atoms with E-state index in [1.54, 1.807) is 0 Å². The van der Waals surface area contributed by atoms with Crippen LogP contribution in [0.1, 0.15) is 23.6 Å². The van der Waals surface area contributed by atoms with Crippen LogP contribution >= 0.6 is 0 Å². The fourth-order valence-electron chi connectivity index (χ4n) is 3.39. The van der Waals surface area contributed by atoms with Crippen LogP contribution in [0.5, 0.6) is 0 Å². The Morgan fingerprint density at radius 1 is 1.00 bits per heavy atom. The summed E-state index contributed by atoms with van der Waals surface area (Å²) in [5.41, 5.74) is 11.0. The van der Waals surface area contributed by atoms with Crippen molar-refractivity contribution in [1.82, 2.24) is 9.80 Å². The van der Waals surface area contributed by atoms with E-state index in [2.05, 4.69) is 27.1 Å². The van der Waals surface area contributed by atoms with Crippen molar-refractivity contribution in [3.8, 4) is 0 Å². The van der Waals surface area contributed by atoms with Gasteiger partial charge in [-0.15, -0.1) is 0 Å². The van der Waals surface area contributed by atoms with E-state index in [1.165, 1.54) is 5.56 Å². The maximum Gasteiger partial charge on any atom is 0.224 e. The van der Waals surface area contributed by atoms with Crippen molar-refractivity contribution in [1.29, 1.82) is 0 Å². The standard InChI is InChI=1S/C20H23N5O/c21-23-22-15-19(18-9-5-2-6-10-18)25-14-13-24(12-11-20(25)26)16-17-7-3-1-4-8-17/h1-10,19H,11-16H2/t19-/m1/s1. The molecule has 0 aliphatic carbocycles. The molecule has 0 radical (unpaired) electrons. The molecule has 0 N–H and O–H groups in total. The molecule has 0 saturated carbocycles. The van der Waals surface area contributed by atoms with Gasteiger partial charge >= 0.3 is 0 Å². The quantitative estimate of drug-likeness (QED) is 0.452. The van der Waals surface area contributed by atoms with E-state index < -0.39 is 0 Å². The first kappa shape index (κ1) is 18.0. The van der Waals surface area contributed by atoms with Gasteiger partial charge in [-0.25, -0.2) is 0 Å². The zero-order valence-corrected chi connectivity index (χ0v) is 14.7. The third-order valence-corrected chi connectivity index (χ3v) is 4.75. The molecule has 26 heavy (non-hydrogen) atoms. The second-order valence-electron chi connectivity index (χ2n) is 6.44. The summed E-state index contributed by atoms with van der Waals surface area (Å²) in [6.07, 6.45) is 0.479. The summed E-state index contributed by atoms with van der Waals surface area (Å²) in [4.78, 5) is 19.8. The molecule has 6 heteroatoms. The van der Waals surface area contributed by atoms with Crippen molar-refractivity contribution >= 4 is 5.91 Å². The average molecular weight is 349 g/mol. The van der Waals surface area contributed by atoms with E-state index >= 15 is 0 Å². The average Bonchev–Trinajstić information content (AvgIpc) is 2.86. The van der Waals surface area contributed by atoms with E-state index in [-0.39, 0.29) is 18.5 Å². The number of hydrogen-bond acceptors (Lipinski definition) is 3. The van der Waals surface area contributed by atoms with Gasteiger partial charge in [0.15, 0.2) is 0 Å². The van der Waals surface area contributed by atoms with Gasteiger partial charge in [-0.2, -0.15) is 0 Å². The Bertz CT molecular complexity index is 758. The Kier molecular flexibility index (Phi) is 6.25. The third kappa shape index (κ3) is 4.63. The molecular weight excluding hydrogens is 326 g/mol. The van der Waals surface area contributed by atoms with E-state index in [1.807, 2.05) is 53.4 Å². The van der Waals surface area contributed by atoms with Crippen LogP contribution in [-0.4, -0.2) is 41.9 Å². The molecule has 0 aromatic heterocycles. The molecule has 1 aliphatic heterocycles.